The Morgan fingerprint density at radius 2 is 1.85 bits per heavy atom. The number of anilines is 3. The highest BCUT2D eigenvalue weighted by Crippen LogP contribution is 2.24. The lowest BCUT2D eigenvalue weighted by atomic mass is 10.1. The summed E-state index contributed by atoms with van der Waals surface area (Å²) in [7, 11) is 1.64. The van der Waals surface area contributed by atoms with Crippen molar-refractivity contribution in [1.29, 1.82) is 0 Å². The molecule has 0 saturated carbocycles. The number of nitrogens with one attached hydrogen (secondary N) is 2. The van der Waals surface area contributed by atoms with Crippen LogP contribution in [-0.4, -0.2) is 75.6 Å². The number of nitrogens with two attached hydrogens (primary N) is 1. The van der Waals surface area contributed by atoms with Gasteiger partial charge in [-0.3, -0.25) is 9.69 Å². The molecule has 2 aromatic heterocycles. The van der Waals surface area contributed by atoms with Crippen LogP contribution in [0, 0.1) is 5.82 Å². The average Bonchev–Trinajstić information content (AvgIpc) is 3.70. The van der Waals surface area contributed by atoms with Crippen LogP contribution >= 0.6 is 0 Å². The number of benzene rings is 3. The second-order valence-corrected chi connectivity index (χ2v) is 10.5. The van der Waals surface area contributed by atoms with E-state index >= 15 is 0 Å². The zero-order chi connectivity index (χ0) is 31.9. The summed E-state index contributed by atoms with van der Waals surface area (Å²) >= 11 is 0. The largest absolute Gasteiger partial charge is 0.496 e. The van der Waals surface area contributed by atoms with E-state index in [0.29, 0.717) is 12.2 Å². The second kappa shape index (κ2) is 13.9. The number of carbonyl (C=O) groups excluding carboxylic acids is 1. The third kappa shape index (κ3) is 6.94. The number of amides is 1. The molecule has 1 aliphatic rings. The SMILES string of the molecule is COc1ccc(/C=N/NC(=O)c2nnn(-c3nonc3N)c2CNc2ccccc2)cc1CN1CCN(c2ccc(F)cc2)CC1. The molecule has 6 rings (SSSR count). The van der Waals surface area contributed by atoms with E-state index in [9.17, 15) is 9.18 Å². The molecule has 1 amide bonds. The lowest BCUT2D eigenvalue weighted by molar-refractivity contribution is 0.0949. The summed E-state index contributed by atoms with van der Waals surface area (Å²) in [6, 6.07) is 21.8. The molecule has 0 aliphatic carbocycles. The molecule has 0 radical (unpaired) electrons. The van der Waals surface area contributed by atoms with Crippen LogP contribution in [0.3, 0.4) is 0 Å². The number of aromatic nitrogens is 5. The molecule has 14 nitrogen and oxygen atoms in total. The van der Waals surface area contributed by atoms with E-state index in [1.807, 2.05) is 60.7 Å². The number of methoxy groups -OCH3 is 1. The molecule has 0 spiro atoms. The molecule has 3 heterocycles. The van der Waals surface area contributed by atoms with E-state index in [4.69, 9.17) is 15.1 Å². The predicted octanol–water partition coefficient (Wildman–Crippen LogP) is 3.08. The van der Waals surface area contributed by atoms with Crippen molar-refractivity contribution in [3.63, 3.8) is 0 Å². The Balaban J connectivity index is 1.12. The fraction of sp³-hybridized carbons (Fsp3) is 0.226. The summed E-state index contributed by atoms with van der Waals surface area (Å²) < 4.78 is 25.0. The highest BCUT2D eigenvalue weighted by atomic mass is 19.1. The van der Waals surface area contributed by atoms with Crippen LogP contribution in [0.4, 0.5) is 21.6 Å². The van der Waals surface area contributed by atoms with Crippen molar-refractivity contribution in [2.45, 2.75) is 13.1 Å². The van der Waals surface area contributed by atoms with Gasteiger partial charge in [0.05, 0.1) is 25.6 Å². The van der Waals surface area contributed by atoms with Crippen LogP contribution in [0.25, 0.3) is 5.82 Å². The molecule has 5 aromatic rings. The van der Waals surface area contributed by atoms with E-state index in [0.717, 1.165) is 54.4 Å². The molecule has 3 aromatic carbocycles. The molecule has 15 heteroatoms. The summed E-state index contributed by atoms with van der Waals surface area (Å²) in [6.45, 7) is 4.19. The minimum atomic E-state index is -0.574. The van der Waals surface area contributed by atoms with Gasteiger partial charge in [0, 0.05) is 49.7 Å². The van der Waals surface area contributed by atoms with Crippen molar-refractivity contribution >= 4 is 29.3 Å². The first kappa shape index (κ1) is 30.2. The minimum absolute atomic E-state index is 0.000841. The fourth-order valence-electron chi connectivity index (χ4n) is 5.16. The molecule has 0 atom stereocenters. The Hall–Kier alpha value is -5.83. The number of rotatable bonds is 11. The highest BCUT2D eigenvalue weighted by Gasteiger charge is 2.24. The fourth-order valence-corrected chi connectivity index (χ4v) is 5.16. The maximum Gasteiger partial charge on any atom is 0.293 e. The van der Waals surface area contributed by atoms with Gasteiger partial charge >= 0.3 is 0 Å². The summed E-state index contributed by atoms with van der Waals surface area (Å²) in [5.41, 5.74) is 12.4. The maximum absolute atomic E-state index is 13.3. The Labute approximate surface area is 263 Å². The average molecular weight is 626 g/mol. The Morgan fingerprint density at radius 3 is 2.57 bits per heavy atom. The van der Waals surface area contributed by atoms with Crippen LogP contribution in [0.5, 0.6) is 5.75 Å². The summed E-state index contributed by atoms with van der Waals surface area (Å²) in [5, 5.41) is 22.9. The number of hydrazone groups is 1. The number of nitrogens with zero attached hydrogens (tertiary/aromatic N) is 8. The molecule has 1 fully saturated rings. The van der Waals surface area contributed by atoms with Gasteiger partial charge in [-0.2, -0.15) is 9.78 Å². The third-order valence-corrected chi connectivity index (χ3v) is 7.55. The molecule has 0 unspecified atom stereocenters. The number of para-hydroxylation sites is 1. The van der Waals surface area contributed by atoms with Gasteiger partial charge in [0.15, 0.2) is 5.69 Å². The number of hydrogen-bond donors (Lipinski definition) is 3. The van der Waals surface area contributed by atoms with E-state index in [1.54, 1.807) is 13.3 Å². The number of halogens is 1. The first-order chi connectivity index (χ1) is 22.5. The minimum Gasteiger partial charge on any atom is -0.496 e. The second-order valence-electron chi connectivity index (χ2n) is 10.5. The van der Waals surface area contributed by atoms with Gasteiger partial charge in [-0.25, -0.2) is 14.4 Å². The number of hydrogen-bond acceptors (Lipinski definition) is 12. The van der Waals surface area contributed by atoms with Crippen molar-refractivity contribution in [1.82, 2.24) is 35.6 Å². The molecule has 46 heavy (non-hydrogen) atoms. The normalized spacial score (nSPS) is 13.7. The molecule has 236 valence electrons. The zero-order valence-electron chi connectivity index (χ0n) is 25.0. The van der Waals surface area contributed by atoms with Gasteiger partial charge in [0.1, 0.15) is 11.6 Å². The van der Waals surface area contributed by atoms with Crippen molar-refractivity contribution < 1.29 is 18.6 Å². The number of nitrogen functional groups attached to an aromatic ring is 1. The first-order valence-corrected chi connectivity index (χ1v) is 14.5. The Morgan fingerprint density at radius 1 is 1.07 bits per heavy atom. The van der Waals surface area contributed by atoms with E-state index in [2.05, 4.69) is 46.3 Å². The predicted molar refractivity (Wildman–Crippen MR) is 169 cm³/mol. The van der Waals surface area contributed by atoms with Crippen LogP contribution in [0.15, 0.2) is 82.5 Å². The maximum atomic E-state index is 13.3. The smallest absolute Gasteiger partial charge is 0.293 e. The molecule has 1 aliphatic heterocycles. The lowest BCUT2D eigenvalue weighted by Crippen LogP contribution is -2.46. The van der Waals surface area contributed by atoms with Crippen LogP contribution in [0.2, 0.25) is 0 Å². The van der Waals surface area contributed by atoms with Gasteiger partial charge in [0.2, 0.25) is 11.6 Å². The van der Waals surface area contributed by atoms with Gasteiger partial charge < -0.3 is 20.7 Å². The standard InChI is InChI=1S/C31H32FN11O3/c1-45-27-12-7-21(17-22(27)20-41-13-15-42(16-14-41)25-10-8-23(32)9-11-25)18-35-37-31(44)28-26(19-34-24-5-3-2-4-6-24)43(40-36-28)30-29(33)38-46-39-30/h2-12,17-18,34H,13-16,19-20H2,1H3,(H2,33,38)(H,37,44)/b35-18+. The van der Waals surface area contributed by atoms with Gasteiger partial charge in [0.25, 0.3) is 5.91 Å². The highest BCUT2D eigenvalue weighted by molar-refractivity contribution is 5.94. The van der Waals surface area contributed by atoms with E-state index < -0.39 is 5.91 Å². The lowest BCUT2D eigenvalue weighted by Gasteiger charge is -2.36. The van der Waals surface area contributed by atoms with Gasteiger partial charge in [-0.1, -0.05) is 23.4 Å². The third-order valence-electron chi connectivity index (χ3n) is 7.55. The summed E-state index contributed by atoms with van der Waals surface area (Å²) in [6.07, 6.45) is 1.55. The quantitative estimate of drug-likeness (QED) is 0.146. The zero-order valence-corrected chi connectivity index (χ0v) is 25.0. The molecule has 1 saturated heterocycles. The van der Waals surface area contributed by atoms with E-state index in [1.165, 1.54) is 16.8 Å². The Kier molecular flexibility index (Phi) is 9.10. The topological polar surface area (TPSA) is 165 Å². The monoisotopic (exact) mass is 625 g/mol. The van der Waals surface area contributed by atoms with Crippen LogP contribution < -0.4 is 26.1 Å². The van der Waals surface area contributed by atoms with Gasteiger partial charge in [-0.15, -0.1) is 5.10 Å². The molecule has 4 N–H and O–H groups in total. The van der Waals surface area contributed by atoms with Crippen molar-refractivity contribution in [3.8, 4) is 11.6 Å². The number of carbonyl (C=O) groups is 1. The first-order valence-electron chi connectivity index (χ1n) is 14.5. The van der Waals surface area contributed by atoms with E-state index in [-0.39, 0.29) is 29.7 Å². The summed E-state index contributed by atoms with van der Waals surface area (Å²) in [4.78, 5) is 17.8. The van der Waals surface area contributed by atoms with Crippen LogP contribution in [-0.2, 0) is 13.1 Å². The summed E-state index contributed by atoms with van der Waals surface area (Å²) in [5.74, 6) is 0.0620. The number of piperazine rings is 1. The molecular weight excluding hydrogens is 593 g/mol. The van der Waals surface area contributed by atoms with Crippen molar-refractivity contribution in [2.75, 3.05) is 49.2 Å². The van der Waals surface area contributed by atoms with Crippen LogP contribution in [0.1, 0.15) is 27.3 Å². The number of ether oxygens (including phenoxy) is 1. The molecular formula is C31H32FN11O3. The van der Waals surface area contributed by atoms with Gasteiger partial charge in [-0.05, 0) is 70.5 Å². The van der Waals surface area contributed by atoms with Crippen molar-refractivity contribution in [3.05, 3.63) is 101 Å². The van der Waals surface area contributed by atoms with Crippen molar-refractivity contribution in [2.24, 2.45) is 5.10 Å². The Bertz CT molecular complexity index is 1800. The molecule has 0 bridgehead atoms.